The number of carbonyl (C=O) groups excluding carboxylic acids is 1. The first-order valence-electron chi connectivity index (χ1n) is 5.87. The summed E-state index contributed by atoms with van der Waals surface area (Å²) < 4.78 is 5.58. The van der Waals surface area contributed by atoms with E-state index in [2.05, 4.69) is 22.4 Å². The van der Waals surface area contributed by atoms with Crippen LogP contribution in [0.2, 0.25) is 0 Å². The number of aromatic nitrogens is 2. The molecule has 1 N–H and O–H groups in total. The number of nitrogens with one attached hydrogen (secondary N) is 1. The highest BCUT2D eigenvalue weighted by Crippen LogP contribution is 2.26. The Morgan fingerprint density at radius 1 is 1.50 bits per heavy atom. The quantitative estimate of drug-likeness (QED) is 0.787. The number of thioether (sulfide) groups is 1. The molecular weight excluding hydrogens is 252 g/mol. The first-order valence-corrected chi connectivity index (χ1v) is 6.75. The fraction of sp³-hybridized carbons (Fsp3) is 0.727. The van der Waals surface area contributed by atoms with Crippen molar-refractivity contribution in [3.05, 3.63) is 5.89 Å². The molecule has 0 saturated carbocycles. The summed E-state index contributed by atoms with van der Waals surface area (Å²) in [5.41, 5.74) is 0. The maximum absolute atomic E-state index is 11.4. The average Bonchev–Trinajstić information content (AvgIpc) is 2.76. The van der Waals surface area contributed by atoms with Crippen molar-refractivity contribution >= 4 is 17.7 Å². The minimum absolute atomic E-state index is 0.0561. The SMILES string of the molecule is CC[C@@H](c1nnc(S[C@H](C)C(=O)NC)o1)N(C)C. The van der Waals surface area contributed by atoms with Crippen LogP contribution in [-0.2, 0) is 4.79 Å². The van der Waals surface area contributed by atoms with Gasteiger partial charge in [0.2, 0.25) is 11.8 Å². The second-order valence-corrected chi connectivity index (χ2v) is 5.46. The molecule has 0 aliphatic carbocycles. The standard InChI is InChI=1S/C11H20N4O2S/c1-6-8(15(4)5)10-13-14-11(17-10)18-7(2)9(16)12-3/h7-8H,6H2,1-5H3,(H,12,16)/t7-,8+/m1/s1. The van der Waals surface area contributed by atoms with Gasteiger partial charge in [0.1, 0.15) is 0 Å². The summed E-state index contributed by atoms with van der Waals surface area (Å²) in [7, 11) is 5.55. The molecule has 1 aromatic rings. The molecule has 1 rings (SSSR count). The van der Waals surface area contributed by atoms with Crippen LogP contribution < -0.4 is 5.32 Å². The van der Waals surface area contributed by atoms with E-state index in [4.69, 9.17) is 4.42 Å². The third-order valence-electron chi connectivity index (χ3n) is 2.61. The number of carbonyl (C=O) groups is 1. The zero-order chi connectivity index (χ0) is 13.7. The molecular formula is C11H20N4O2S. The molecule has 0 fully saturated rings. The summed E-state index contributed by atoms with van der Waals surface area (Å²) in [4.78, 5) is 13.4. The molecule has 0 saturated heterocycles. The highest BCUT2D eigenvalue weighted by Gasteiger charge is 2.21. The Balaban J connectivity index is 2.71. The monoisotopic (exact) mass is 272 g/mol. The van der Waals surface area contributed by atoms with Gasteiger partial charge in [0, 0.05) is 7.05 Å². The van der Waals surface area contributed by atoms with E-state index in [0.717, 1.165) is 6.42 Å². The molecule has 0 aromatic carbocycles. The first kappa shape index (κ1) is 15.0. The lowest BCUT2D eigenvalue weighted by Gasteiger charge is -2.18. The van der Waals surface area contributed by atoms with Gasteiger partial charge in [-0.3, -0.25) is 9.69 Å². The summed E-state index contributed by atoms with van der Waals surface area (Å²) in [6.45, 7) is 3.87. The number of hydrogen-bond acceptors (Lipinski definition) is 6. The highest BCUT2D eigenvalue weighted by atomic mass is 32.2. The Labute approximate surface area is 112 Å². The summed E-state index contributed by atoms with van der Waals surface area (Å²) >= 11 is 1.27. The van der Waals surface area contributed by atoms with Crippen molar-refractivity contribution < 1.29 is 9.21 Å². The number of hydrogen-bond donors (Lipinski definition) is 1. The van der Waals surface area contributed by atoms with Gasteiger partial charge in [-0.05, 0) is 27.4 Å². The van der Waals surface area contributed by atoms with Crippen molar-refractivity contribution in [1.29, 1.82) is 0 Å². The van der Waals surface area contributed by atoms with E-state index in [0.29, 0.717) is 11.1 Å². The van der Waals surface area contributed by atoms with Crippen LogP contribution in [-0.4, -0.2) is 47.4 Å². The molecule has 1 heterocycles. The first-order chi connectivity index (χ1) is 8.49. The van der Waals surface area contributed by atoms with Crippen LogP contribution in [0, 0.1) is 0 Å². The fourth-order valence-corrected chi connectivity index (χ4v) is 2.32. The molecule has 18 heavy (non-hydrogen) atoms. The van der Waals surface area contributed by atoms with Crippen LogP contribution in [0.1, 0.15) is 32.2 Å². The Kier molecular flexibility index (Phi) is 5.61. The second kappa shape index (κ2) is 6.75. The van der Waals surface area contributed by atoms with Crippen molar-refractivity contribution in [2.45, 2.75) is 36.8 Å². The van der Waals surface area contributed by atoms with Gasteiger partial charge in [-0.25, -0.2) is 0 Å². The van der Waals surface area contributed by atoms with E-state index in [1.165, 1.54) is 11.8 Å². The van der Waals surface area contributed by atoms with Crippen LogP contribution in [0.25, 0.3) is 0 Å². The van der Waals surface area contributed by atoms with E-state index < -0.39 is 0 Å². The summed E-state index contributed by atoms with van der Waals surface area (Å²) in [6, 6.07) is 0.113. The average molecular weight is 272 g/mol. The Morgan fingerprint density at radius 2 is 2.17 bits per heavy atom. The molecule has 0 spiro atoms. The molecule has 0 bridgehead atoms. The molecule has 2 atom stereocenters. The van der Waals surface area contributed by atoms with Crippen molar-refractivity contribution in [3.8, 4) is 0 Å². The summed E-state index contributed by atoms with van der Waals surface area (Å²) in [5.74, 6) is 0.536. The van der Waals surface area contributed by atoms with Crippen LogP contribution in [0.15, 0.2) is 9.64 Å². The third-order valence-corrected chi connectivity index (χ3v) is 3.54. The largest absolute Gasteiger partial charge is 0.414 e. The van der Waals surface area contributed by atoms with E-state index in [1.54, 1.807) is 14.0 Å². The van der Waals surface area contributed by atoms with Crippen LogP contribution in [0.5, 0.6) is 0 Å². The summed E-state index contributed by atoms with van der Waals surface area (Å²) in [5, 5.41) is 10.8. The van der Waals surface area contributed by atoms with Crippen LogP contribution in [0.3, 0.4) is 0 Å². The number of amides is 1. The van der Waals surface area contributed by atoms with Crippen molar-refractivity contribution in [3.63, 3.8) is 0 Å². The van der Waals surface area contributed by atoms with Gasteiger partial charge in [0.25, 0.3) is 5.22 Å². The molecule has 0 unspecified atom stereocenters. The lowest BCUT2D eigenvalue weighted by Crippen LogP contribution is -2.27. The van der Waals surface area contributed by atoms with Crippen molar-refractivity contribution in [2.24, 2.45) is 0 Å². The van der Waals surface area contributed by atoms with E-state index in [9.17, 15) is 4.79 Å². The minimum Gasteiger partial charge on any atom is -0.414 e. The molecule has 1 aromatic heterocycles. The number of rotatable bonds is 6. The van der Waals surface area contributed by atoms with Gasteiger partial charge in [-0.15, -0.1) is 10.2 Å². The van der Waals surface area contributed by atoms with Crippen LogP contribution in [0.4, 0.5) is 0 Å². The van der Waals surface area contributed by atoms with Crippen molar-refractivity contribution in [1.82, 2.24) is 20.4 Å². The summed E-state index contributed by atoms with van der Waals surface area (Å²) in [6.07, 6.45) is 0.893. The Bertz CT molecular complexity index is 394. The Hall–Kier alpha value is -1.08. The third kappa shape index (κ3) is 3.71. The minimum atomic E-state index is -0.247. The molecule has 0 radical (unpaired) electrons. The molecule has 7 heteroatoms. The van der Waals surface area contributed by atoms with Gasteiger partial charge in [0.15, 0.2) is 0 Å². The van der Waals surface area contributed by atoms with Gasteiger partial charge < -0.3 is 9.73 Å². The molecule has 102 valence electrons. The zero-order valence-electron chi connectivity index (χ0n) is 11.4. The predicted molar refractivity (Wildman–Crippen MR) is 70.4 cm³/mol. The van der Waals surface area contributed by atoms with Gasteiger partial charge in [0.05, 0.1) is 11.3 Å². The molecule has 6 nitrogen and oxygen atoms in total. The smallest absolute Gasteiger partial charge is 0.277 e. The van der Waals surface area contributed by atoms with E-state index in [-0.39, 0.29) is 17.2 Å². The maximum atomic E-state index is 11.4. The van der Waals surface area contributed by atoms with E-state index >= 15 is 0 Å². The van der Waals surface area contributed by atoms with E-state index in [1.807, 2.05) is 19.0 Å². The maximum Gasteiger partial charge on any atom is 0.277 e. The predicted octanol–water partition coefficient (Wildman–Crippen LogP) is 1.31. The topological polar surface area (TPSA) is 71.3 Å². The highest BCUT2D eigenvalue weighted by molar-refractivity contribution is 8.00. The molecule has 1 amide bonds. The molecule has 0 aliphatic rings. The van der Waals surface area contributed by atoms with Gasteiger partial charge in [-0.2, -0.15) is 0 Å². The zero-order valence-corrected chi connectivity index (χ0v) is 12.2. The lowest BCUT2D eigenvalue weighted by molar-refractivity contribution is -0.119. The lowest BCUT2D eigenvalue weighted by atomic mass is 10.2. The van der Waals surface area contributed by atoms with Gasteiger partial charge in [-0.1, -0.05) is 18.7 Å². The normalized spacial score (nSPS) is 14.6. The fourth-order valence-electron chi connectivity index (χ4n) is 1.57. The second-order valence-electron chi connectivity index (χ2n) is 4.17. The Morgan fingerprint density at radius 3 is 2.67 bits per heavy atom. The molecule has 0 aliphatic heterocycles. The van der Waals surface area contributed by atoms with Gasteiger partial charge >= 0.3 is 0 Å². The number of nitrogens with zero attached hydrogens (tertiary/aromatic N) is 3. The van der Waals surface area contributed by atoms with Crippen LogP contribution >= 0.6 is 11.8 Å². The van der Waals surface area contributed by atoms with Crippen molar-refractivity contribution in [2.75, 3.05) is 21.1 Å².